The number of carbonyl (C=O) groups excluding carboxylic acids is 2. The molecule has 2 N–H and O–H groups in total. The molecule has 1 aromatic heterocycles. The first-order chi connectivity index (χ1) is 11.2. The van der Waals surface area contributed by atoms with Crippen molar-refractivity contribution in [3.63, 3.8) is 0 Å². The van der Waals surface area contributed by atoms with Gasteiger partial charge in [-0.1, -0.05) is 12.1 Å². The van der Waals surface area contributed by atoms with E-state index in [0.717, 1.165) is 29.9 Å². The van der Waals surface area contributed by atoms with Crippen molar-refractivity contribution < 1.29 is 9.59 Å². The van der Waals surface area contributed by atoms with Crippen LogP contribution in [0.25, 0.3) is 10.2 Å². The van der Waals surface area contributed by atoms with E-state index in [1.165, 1.54) is 4.70 Å². The van der Waals surface area contributed by atoms with Gasteiger partial charge >= 0.3 is 0 Å². The van der Waals surface area contributed by atoms with E-state index >= 15 is 0 Å². The van der Waals surface area contributed by atoms with Gasteiger partial charge < -0.3 is 10.6 Å². The predicted octanol–water partition coefficient (Wildman–Crippen LogP) is 1.30. The molecule has 1 atom stereocenters. The molecule has 6 nitrogen and oxygen atoms in total. The molecule has 1 saturated heterocycles. The second kappa shape index (κ2) is 7.06. The second-order valence-electron chi connectivity index (χ2n) is 5.60. The number of amides is 2. The lowest BCUT2D eigenvalue weighted by molar-refractivity contribution is -0.126. The van der Waals surface area contributed by atoms with Gasteiger partial charge in [0.1, 0.15) is 5.01 Å². The molecule has 1 aliphatic heterocycles. The number of benzene rings is 1. The van der Waals surface area contributed by atoms with E-state index in [0.29, 0.717) is 6.54 Å². The van der Waals surface area contributed by atoms with Gasteiger partial charge in [0.2, 0.25) is 11.8 Å². The van der Waals surface area contributed by atoms with Gasteiger partial charge in [-0.15, -0.1) is 11.3 Å². The zero-order chi connectivity index (χ0) is 16.2. The van der Waals surface area contributed by atoms with Gasteiger partial charge in [-0.2, -0.15) is 0 Å². The van der Waals surface area contributed by atoms with Crippen LogP contribution in [0.5, 0.6) is 0 Å². The normalized spacial score (nSPS) is 18.2. The summed E-state index contributed by atoms with van der Waals surface area (Å²) in [5.74, 6) is -0.316. The minimum atomic E-state index is -0.192. The fourth-order valence-electron chi connectivity index (χ4n) is 2.84. The van der Waals surface area contributed by atoms with Crippen LogP contribution in [0, 0.1) is 0 Å². The number of rotatable bonds is 5. The van der Waals surface area contributed by atoms with Gasteiger partial charge in [0.05, 0.1) is 29.3 Å². The van der Waals surface area contributed by atoms with E-state index in [-0.39, 0.29) is 24.4 Å². The van der Waals surface area contributed by atoms with Crippen molar-refractivity contribution in [2.24, 2.45) is 0 Å². The third kappa shape index (κ3) is 3.68. The highest BCUT2D eigenvalue weighted by Gasteiger charge is 2.30. The number of nitrogens with one attached hydrogen (secondary N) is 2. The van der Waals surface area contributed by atoms with Gasteiger partial charge in [0, 0.05) is 7.05 Å². The maximum Gasteiger partial charge on any atom is 0.239 e. The Morgan fingerprint density at radius 1 is 1.35 bits per heavy atom. The molecule has 23 heavy (non-hydrogen) atoms. The van der Waals surface area contributed by atoms with Crippen molar-refractivity contribution in [3.05, 3.63) is 29.3 Å². The summed E-state index contributed by atoms with van der Waals surface area (Å²) in [6, 6.07) is 8.29. The zero-order valence-electron chi connectivity index (χ0n) is 13.0. The first-order valence-corrected chi connectivity index (χ1v) is 8.56. The SMILES string of the molecule is CNC(=O)CNC(=O)CN1CCC[C@@H]1c1nc2ccccc2s1. The Balaban J connectivity index is 1.65. The second-order valence-corrected chi connectivity index (χ2v) is 6.66. The number of hydrogen-bond donors (Lipinski definition) is 2. The molecule has 0 saturated carbocycles. The molecule has 7 heteroatoms. The topological polar surface area (TPSA) is 74.3 Å². The van der Waals surface area contributed by atoms with Crippen molar-refractivity contribution in [3.8, 4) is 0 Å². The Bertz CT molecular complexity index is 682. The molecule has 1 fully saturated rings. The van der Waals surface area contributed by atoms with Crippen LogP contribution in [0.4, 0.5) is 0 Å². The molecule has 122 valence electrons. The Kier molecular flexibility index (Phi) is 4.88. The van der Waals surface area contributed by atoms with E-state index in [1.54, 1.807) is 18.4 Å². The molecule has 2 amide bonds. The van der Waals surface area contributed by atoms with Gasteiger partial charge in [0.25, 0.3) is 0 Å². The number of fused-ring (bicyclic) bond motifs is 1. The Hall–Kier alpha value is -1.99. The fraction of sp³-hybridized carbons (Fsp3) is 0.438. The Labute approximate surface area is 138 Å². The van der Waals surface area contributed by atoms with Gasteiger partial charge in [-0.25, -0.2) is 4.98 Å². The van der Waals surface area contributed by atoms with Crippen LogP contribution in [-0.2, 0) is 9.59 Å². The zero-order valence-corrected chi connectivity index (χ0v) is 13.9. The molecule has 0 radical (unpaired) electrons. The number of hydrogen-bond acceptors (Lipinski definition) is 5. The summed E-state index contributed by atoms with van der Waals surface area (Å²) in [6.07, 6.45) is 2.08. The molecule has 0 unspecified atom stereocenters. The minimum absolute atomic E-state index is 0.0228. The highest BCUT2D eigenvalue weighted by Crippen LogP contribution is 2.35. The lowest BCUT2D eigenvalue weighted by atomic mass is 10.2. The monoisotopic (exact) mass is 332 g/mol. The summed E-state index contributed by atoms with van der Waals surface area (Å²) in [5, 5.41) is 6.21. The summed E-state index contributed by atoms with van der Waals surface area (Å²) >= 11 is 1.70. The molecule has 2 aromatic rings. The van der Waals surface area contributed by atoms with Gasteiger partial charge in [-0.3, -0.25) is 14.5 Å². The van der Waals surface area contributed by atoms with Crippen molar-refractivity contribution in [1.82, 2.24) is 20.5 Å². The number of likely N-dealkylation sites (tertiary alicyclic amines) is 1. The summed E-state index contributed by atoms with van der Waals surface area (Å²) in [5.41, 5.74) is 1.02. The van der Waals surface area contributed by atoms with Crippen molar-refractivity contribution in [1.29, 1.82) is 0 Å². The average molecular weight is 332 g/mol. The number of aromatic nitrogens is 1. The number of likely N-dealkylation sites (N-methyl/N-ethyl adjacent to an activating group) is 1. The molecular formula is C16H20N4O2S. The van der Waals surface area contributed by atoms with E-state index in [9.17, 15) is 9.59 Å². The molecule has 1 aliphatic rings. The summed E-state index contributed by atoms with van der Waals surface area (Å²) in [4.78, 5) is 30.1. The van der Waals surface area contributed by atoms with Crippen LogP contribution in [-0.4, -0.2) is 48.4 Å². The fourth-order valence-corrected chi connectivity index (χ4v) is 3.97. The summed E-state index contributed by atoms with van der Waals surface area (Å²) in [6.45, 7) is 1.21. The summed E-state index contributed by atoms with van der Waals surface area (Å²) in [7, 11) is 1.55. The standard InChI is InChI=1S/C16H20N4O2S/c1-17-14(21)9-18-15(22)10-20-8-4-6-12(20)16-19-11-5-2-3-7-13(11)23-16/h2-3,5,7,12H,4,6,8-10H2,1H3,(H,17,21)(H,18,22)/t12-/m1/s1. The molecule has 0 aliphatic carbocycles. The molecule has 2 heterocycles. The van der Waals surface area contributed by atoms with Crippen molar-refractivity contribution in [2.45, 2.75) is 18.9 Å². The lowest BCUT2D eigenvalue weighted by Gasteiger charge is -2.21. The lowest BCUT2D eigenvalue weighted by Crippen LogP contribution is -2.41. The number of thiazole rings is 1. The summed E-state index contributed by atoms with van der Waals surface area (Å²) < 4.78 is 1.18. The van der Waals surface area contributed by atoms with Crippen molar-refractivity contribution >= 4 is 33.4 Å². The van der Waals surface area contributed by atoms with Crippen molar-refractivity contribution in [2.75, 3.05) is 26.7 Å². The van der Waals surface area contributed by atoms with Crippen LogP contribution >= 0.6 is 11.3 Å². The first-order valence-electron chi connectivity index (χ1n) is 7.74. The van der Waals surface area contributed by atoms with Crippen LogP contribution in [0.1, 0.15) is 23.9 Å². The number of nitrogens with zero attached hydrogens (tertiary/aromatic N) is 2. The average Bonchev–Trinajstić information content (AvgIpc) is 3.18. The third-order valence-corrected chi connectivity index (χ3v) is 5.17. The maximum absolute atomic E-state index is 12.0. The quantitative estimate of drug-likeness (QED) is 0.865. The Morgan fingerprint density at radius 3 is 2.96 bits per heavy atom. The highest BCUT2D eigenvalue weighted by molar-refractivity contribution is 7.18. The van der Waals surface area contributed by atoms with E-state index < -0.39 is 0 Å². The maximum atomic E-state index is 12.0. The molecule has 0 bridgehead atoms. The number of para-hydroxylation sites is 1. The van der Waals surface area contributed by atoms with Crippen LogP contribution < -0.4 is 10.6 Å². The molecule has 1 aromatic carbocycles. The van der Waals surface area contributed by atoms with E-state index in [4.69, 9.17) is 4.98 Å². The molecule has 3 rings (SSSR count). The smallest absolute Gasteiger partial charge is 0.239 e. The number of carbonyl (C=O) groups is 2. The highest BCUT2D eigenvalue weighted by atomic mass is 32.1. The predicted molar refractivity (Wildman–Crippen MR) is 90.2 cm³/mol. The third-order valence-electron chi connectivity index (χ3n) is 4.03. The van der Waals surface area contributed by atoms with Crippen LogP contribution in [0.3, 0.4) is 0 Å². The first kappa shape index (κ1) is 15.9. The molecule has 0 spiro atoms. The minimum Gasteiger partial charge on any atom is -0.358 e. The van der Waals surface area contributed by atoms with Gasteiger partial charge in [0.15, 0.2) is 0 Å². The van der Waals surface area contributed by atoms with Crippen LogP contribution in [0.15, 0.2) is 24.3 Å². The molecular weight excluding hydrogens is 312 g/mol. The largest absolute Gasteiger partial charge is 0.358 e. The van der Waals surface area contributed by atoms with E-state index in [1.807, 2.05) is 18.2 Å². The van der Waals surface area contributed by atoms with Gasteiger partial charge in [-0.05, 0) is 31.5 Å². The van der Waals surface area contributed by atoms with Crippen LogP contribution in [0.2, 0.25) is 0 Å². The van der Waals surface area contributed by atoms with E-state index in [2.05, 4.69) is 21.6 Å². The Morgan fingerprint density at radius 2 is 2.17 bits per heavy atom.